The quantitative estimate of drug-likeness (QED) is 0.141. The van der Waals surface area contributed by atoms with Crippen molar-refractivity contribution in [3.05, 3.63) is 0 Å². The van der Waals surface area contributed by atoms with Gasteiger partial charge in [0.15, 0.2) is 0 Å². The maximum Gasteiger partial charge on any atom is 0.0701 e. The van der Waals surface area contributed by atoms with Gasteiger partial charge in [-0.1, -0.05) is 46.0 Å². The number of hydrogen-bond acceptors (Lipinski definition) is 9. The van der Waals surface area contributed by atoms with Crippen LogP contribution in [0.15, 0.2) is 0 Å². The first kappa shape index (κ1) is 34.6. The zero-order valence-electron chi connectivity index (χ0n) is 22.6. The molecule has 212 valence electrons. The van der Waals surface area contributed by atoms with Gasteiger partial charge in [0, 0.05) is 6.61 Å². The second-order valence-corrected chi connectivity index (χ2v) is 8.57. The lowest BCUT2D eigenvalue weighted by Gasteiger charge is -2.08. The third-order valence-corrected chi connectivity index (χ3v) is 4.91. The Labute approximate surface area is 214 Å². The minimum Gasteiger partial charge on any atom is -0.394 e. The molecule has 0 aromatic rings. The van der Waals surface area contributed by atoms with Gasteiger partial charge in [-0.15, -0.1) is 0 Å². The Hall–Kier alpha value is -0.360. The zero-order chi connectivity index (χ0) is 25.5. The summed E-state index contributed by atoms with van der Waals surface area (Å²) in [5, 5.41) is 8.56. The molecular weight excluding hydrogens is 456 g/mol. The van der Waals surface area contributed by atoms with E-state index in [2.05, 4.69) is 13.8 Å². The van der Waals surface area contributed by atoms with Gasteiger partial charge in [0.25, 0.3) is 0 Å². The molecule has 0 radical (unpaired) electrons. The van der Waals surface area contributed by atoms with Crippen LogP contribution < -0.4 is 0 Å². The molecule has 0 saturated carbocycles. The van der Waals surface area contributed by atoms with E-state index in [4.69, 9.17) is 43.0 Å². The van der Waals surface area contributed by atoms with E-state index in [0.29, 0.717) is 99.1 Å². The summed E-state index contributed by atoms with van der Waals surface area (Å²) in [6.45, 7) is 13.4. The Morgan fingerprint density at radius 1 is 0.371 bits per heavy atom. The fraction of sp³-hybridized carbons (Fsp3) is 1.00. The van der Waals surface area contributed by atoms with Crippen molar-refractivity contribution in [2.24, 2.45) is 5.92 Å². The summed E-state index contributed by atoms with van der Waals surface area (Å²) in [6, 6.07) is 0. The molecule has 9 nitrogen and oxygen atoms in total. The van der Waals surface area contributed by atoms with Crippen LogP contribution in [-0.2, 0) is 37.9 Å². The Morgan fingerprint density at radius 3 is 1.00 bits per heavy atom. The van der Waals surface area contributed by atoms with Gasteiger partial charge in [0.2, 0.25) is 0 Å². The van der Waals surface area contributed by atoms with Crippen LogP contribution in [0.5, 0.6) is 0 Å². The van der Waals surface area contributed by atoms with Crippen LogP contribution in [0.4, 0.5) is 0 Å². The summed E-state index contributed by atoms with van der Waals surface area (Å²) in [5.41, 5.74) is 0. The number of rotatable bonds is 31. The van der Waals surface area contributed by atoms with Crippen molar-refractivity contribution in [2.75, 3.05) is 112 Å². The molecule has 0 bridgehead atoms. The van der Waals surface area contributed by atoms with Crippen molar-refractivity contribution in [3.63, 3.8) is 0 Å². The largest absolute Gasteiger partial charge is 0.394 e. The maximum absolute atomic E-state index is 8.56. The maximum atomic E-state index is 8.56. The molecule has 0 spiro atoms. The normalized spacial score (nSPS) is 11.7. The summed E-state index contributed by atoms with van der Waals surface area (Å²) in [5.74, 6) is 0.827. The molecule has 9 heteroatoms. The number of aliphatic hydroxyl groups is 1. The molecule has 0 saturated heterocycles. The summed E-state index contributed by atoms with van der Waals surface area (Å²) >= 11 is 0. The monoisotopic (exact) mass is 510 g/mol. The summed E-state index contributed by atoms with van der Waals surface area (Å²) < 4.78 is 43.3. The van der Waals surface area contributed by atoms with Gasteiger partial charge in [0.05, 0.1) is 106 Å². The lowest BCUT2D eigenvalue weighted by Crippen LogP contribution is -2.15. The first-order valence-electron chi connectivity index (χ1n) is 13.5. The number of hydrogen-bond donors (Lipinski definition) is 1. The Kier molecular flexibility index (Phi) is 31.3. The highest BCUT2D eigenvalue weighted by molar-refractivity contribution is 4.48. The smallest absolute Gasteiger partial charge is 0.0701 e. The molecule has 0 amide bonds. The van der Waals surface area contributed by atoms with Crippen LogP contribution in [0.3, 0.4) is 0 Å². The average molecular weight is 511 g/mol. The third kappa shape index (κ3) is 33.6. The van der Waals surface area contributed by atoms with Crippen LogP contribution in [0, 0.1) is 5.92 Å². The number of aliphatic hydroxyl groups excluding tert-OH is 1. The predicted octanol–water partition coefficient (Wildman–Crippen LogP) is 3.11. The zero-order valence-corrected chi connectivity index (χ0v) is 22.6. The van der Waals surface area contributed by atoms with E-state index in [1.807, 2.05) is 0 Å². The molecule has 35 heavy (non-hydrogen) atoms. The van der Waals surface area contributed by atoms with E-state index in [-0.39, 0.29) is 6.61 Å². The van der Waals surface area contributed by atoms with Crippen LogP contribution >= 0.6 is 0 Å². The Bertz CT molecular complexity index is 373. The lowest BCUT2D eigenvalue weighted by molar-refractivity contribution is -0.0238. The van der Waals surface area contributed by atoms with E-state index >= 15 is 0 Å². The summed E-state index contributed by atoms with van der Waals surface area (Å²) in [6.07, 6.45) is 7.77. The van der Waals surface area contributed by atoms with Crippen molar-refractivity contribution < 1.29 is 43.0 Å². The van der Waals surface area contributed by atoms with Crippen LogP contribution in [0.25, 0.3) is 0 Å². The highest BCUT2D eigenvalue weighted by Gasteiger charge is 1.97. The number of unbranched alkanes of at least 4 members (excludes halogenated alkanes) is 4. The minimum absolute atomic E-state index is 0.0348. The van der Waals surface area contributed by atoms with Crippen molar-refractivity contribution >= 4 is 0 Å². The van der Waals surface area contributed by atoms with Gasteiger partial charge >= 0.3 is 0 Å². The van der Waals surface area contributed by atoms with Gasteiger partial charge in [-0.3, -0.25) is 0 Å². The van der Waals surface area contributed by atoms with Crippen LogP contribution in [0.2, 0.25) is 0 Å². The minimum atomic E-state index is 0.0348. The van der Waals surface area contributed by atoms with E-state index in [9.17, 15) is 0 Å². The van der Waals surface area contributed by atoms with Gasteiger partial charge in [0.1, 0.15) is 0 Å². The lowest BCUT2D eigenvalue weighted by atomic mass is 10.0. The van der Waals surface area contributed by atoms with Crippen molar-refractivity contribution in [3.8, 4) is 0 Å². The first-order valence-corrected chi connectivity index (χ1v) is 13.5. The fourth-order valence-electron chi connectivity index (χ4n) is 2.99. The standard InChI is InChI=1S/C26H54O9/c1-26(2)8-6-4-3-5-7-10-28-12-14-30-16-18-32-20-22-34-24-25-35-23-21-33-19-17-31-15-13-29-11-9-27/h26-27H,3-25H2,1-2H3. The van der Waals surface area contributed by atoms with E-state index in [1.54, 1.807) is 0 Å². The Balaban J connectivity index is 3.01. The SMILES string of the molecule is CC(C)CCCCCCCOCCOCCOCCOCCOCCOCCOCCOCCO. The number of ether oxygens (including phenoxy) is 8. The molecule has 0 unspecified atom stereocenters. The molecule has 0 aliphatic carbocycles. The van der Waals surface area contributed by atoms with Gasteiger partial charge in [-0.25, -0.2) is 0 Å². The second kappa shape index (κ2) is 31.7. The van der Waals surface area contributed by atoms with E-state index < -0.39 is 0 Å². The second-order valence-electron chi connectivity index (χ2n) is 8.57. The molecule has 0 aromatic heterocycles. The van der Waals surface area contributed by atoms with Crippen LogP contribution in [0.1, 0.15) is 52.4 Å². The molecular formula is C26H54O9. The average Bonchev–Trinajstić information content (AvgIpc) is 2.85. The fourth-order valence-corrected chi connectivity index (χ4v) is 2.99. The molecule has 0 fully saturated rings. The summed E-state index contributed by atoms with van der Waals surface area (Å²) in [4.78, 5) is 0. The van der Waals surface area contributed by atoms with Gasteiger partial charge in [-0.2, -0.15) is 0 Å². The molecule has 0 atom stereocenters. The van der Waals surface area contributed by atoms with Gasteiger partial charge in [-0.05, 0) is 12.3 Å². The topological polar surface area (TPSA) is 94.1 Å². The Morgan fingerprint density at radius 2 is 0.657 bits per heavy atom. The van der Waals surface area contributed by atoms with Crippen molar-refractivity contribution in [2.45, 2.75) is 52.4 Å². The molecule has 0 aliphatic heterocycles. The van der Waals surface area contributed by atoms with Gasteiger partial charge < -0.3 is 43.0 Å². The molecule has 0 aromatic carbocycles. The predicted molar refractivity (Wildman–Crippen MR) is 136 cm³/mol. The van der Waals surface area contributed by atoms with E-state index in [0.717, 1.165) is 18.9 Å². The molecule has 0 aliphatic rings. The molecule has 1 N–H and O–H groups in total. The van der Waals surface area contributed by atoms with Crippen molar-refractivity contribution in [1.29, 1.82) is 0 Å². The third-order valence-electron chi connectivity index (χ3n) is 4.91. The van der Waals surface area contributed by atoms with Crippen LogP contribution in [-0.4, -0.2) is 117 Å². The molecule has 0 heterocycles. The molecule has 0 rings (SSSR count). The highest BCUT2D eigenvalue weighted by Crippen LogP contribution is 2.10. The van der Waals surface area contributed by atoms with Crippen molar-refractivity contribution in [1.82, 2.24) is 0 Å². The van der Waals surface area contributed by atoms with E-state index in [1.165, 1.54) is 32.1 Å². The summed E-state index contributed by atoms with van der Waals surface area (Å²) in [7, 11) is 0. The first-order chi connectivity index (χ1) is 17.3. The highest BCUT2D eigenvalue weighted by atomic mass is 16.6.